The Bertz CT molecular complexity index is 764. The summed E-state index contributed by atoms with van der Waals surface area (Å²) >= 11 is 3.42. The zero-order valence-corrected chi connectivity index (χ0v) is 12.8. The van der Waals surface area contributed by atoms with Crippen LogP contribution in [0.4, 0.5) is 5.69 Å². The topological polar surface area (TPSA) is 52.0 Å². The van der Waals surface area contributed by atoms with E-state index in [1.54, 1.807) is 0 Å². The zero-order chi connectivity index (χ0) is 14.1. The van der Waals surface area contributed by atoms with Gasteiger partial charge >= 0.3 is 0 Å². The summed E-state index contributed by atoms with van der Waals surface area (Å²) in [5.74, 6) is 0.730. The summed E-state index contributed by atoms with van der Waals surface area (Å²) in [4.78, 5) is 4.50. The van der Waals surface area contributed by atoms with Crippen LogP contribution in [0.3, 0.4) is 0 Å². The molecule has 0 aliphatic heterocycles. The molecule has 0 aliphatic carbocycles. The van der Waals surface area contributed by atoms with Crippen molar-refractivity contribution in [2.45, 2.75) is 19.8 Å². The van der Waals surface area contributed by atoms with E-state index in [0.29, 0.717) is 11.3 Å². The van der Waals surface area contributed by atoms with Crippen LogP contribution in [0, 0.1) is 6.92 Å². The molecule has 102 valence electrons. The maximum Gasteiger partial charge on any atom is 0.195 e. The van der Waals surface area contributed by atoms with Gasteiger partial charge in [0.25, 0.3) is 0 Å². The van der Waals surface area contributed by atoms with Gasteiger partial charge in [0.15, 0.2) is 11.5 Å². The SMILES string of the molecule is Cc1ccccc1CCc1nc2cc(Br)cc(N)c2o1. The van der Waals surface area contributed by atoms with Gasteiger partial charge in [0.05, 0.1) is 5.69 Å². The van der Waals surface area contributed by atoms with E-state index in [1.807, 2.05) is 12.1 Å². The van der Waals surface area contributed by atoms with E-state index in [-0.39, 0.29) is 0 Å². The molecular weight excluding hydrogens is 316 g/mol. The number of nitrogen functional groups attached to an aromatic ring is 1. The summed E-state index contributed by atoms with van der Waals surface area (Å²) in [7, 11) is 0. The molecule has 20 heavy (non-hydrogen) atoms. The van der Waals surface area contributed by atoms with Gasteiger partial charge in [-0.25, -0.2) is 4.98 Å². The largest absolute Gasteiger partial charge is 0.439 e. The van der Waals surface area contributed by atoms with Crippen molar-refractivity contribution in [3.63, 3.8) is 0 Å². The third-order valence-electron chi connectivity index (χ3n) is 3.40. The second-order valence-corrected chi connectivity index (χ2v) is 5.79. The Hall–Kier alpha value is -1.81. The lowest BCUT2D eigenvalue weighted by Crippen LogP contribution is -1.93. The van der Waals surface area contributed by atoms with E-state index in [0.717, 1.165) is 28.7 Å². The quantitative estimate of drug-likeness (QED) is 0.730. The minimum absolute atomic E-state index is 0.615. The highest BCUT2D eigenvalue weighted by molar-refractivity contribution is 9.10. The number of hydrogen-bond acceptors (Lipinski definition) is 3. The van der Waals surface area contributed by atoms with Gasteiger partial charge in [-0.15, -0.1) is 0 Å². The van der Waals surface area contributed by atoms with Crippen molar-refractivity contribution in [3.8, 4) is 0 Å². The highest BCUT2D eigenvalue weighted by atomic mass is 79.9. The Morgan fingerprint density at radius 1 is 1.20 bits per heavy atom. The fourth-order valence-corrected chi connectivity index (χ4v) is 2.77. The molecule has 0 aliphatic rings. The summed E-state index contributed by atoms with van der Waals surface area (Å²) in [6.45, 7) is 2.12. The molecule has 0 fully saturated rings. The van der Waals surface area contributed by atoms with E-state index in [4.69, 9.17) is 10.2 Å². The Morgan fingerprint density at radius 3 is 2.80 bits per heavy atom. The molecule has 4 heteroatoms. The van der Waals surface area contributed by atoms with Gasteiger partial charge in [0.1, 0.15) is 5.52 Å². The van der Waals surface area contributed by atoms with Crippen LogP contribution in [-0.2, 0) is 12.8 Å². The molecule has 2 aromatic carbocycles. The molecule has 1 aromatic heterocycles. The summed E-state index contributed by atoms with van der Waals surface area (Å²) in [6, 6.07) is 12.1. The van der Waals surface area contributed by atoms with Gasteiger partial charge in [0.2, 0.25) is 0 Å². The summed E-state index contributed by atoms with van der Waals surface area (Å²) in [6.07, 6.45) is 1.69. The summed E-state index contributed by atoms with van der Waals surface area (Å²) in [5, 5.41) is 0. The van der Waals surface area contributed by atoms with Gasteiger partial charge in [-0.1, -0.05) is 40.2 Å². The van der Waals surface area contributed by atoms with Crippen molar-refractivity contribution >= 4 is 32.7 Å². The molecule has 0 spiro atoms. The minimum Gasteiger partial charge on any atom is -0.439 e. The van der Waals surface area contributed by atoms with Crippen molar-refractivity contribution in [1.29, 1.82) is 0 Å². The number of aryl methyl sites for hydroxylation is 3. The first-order valence-corrected chi connectivity index (χ1v) is 7.32. The monoisotopic (exact) mass is 330 g/mol. The van der Waals surface area contributed by atoms with Crippen molar-refractivity contribution < 1.29 is 4.42 Å². The van der Waals surface area contributed by atoms with Crippen molar-refractivity contribution in [3.05, 3.63) is 57.9 Å². The number of anilines is 1. The molecule has 0 unspecified atom stereocenters. The second kappa shape index (κ2) is 5.29. The van der Waals surface area contributed by atoms with Crippen LogP contribution in [0.1, 0.15) is 17.0 Å². The molecule has 3 rings (SSSR count). The molecule has 0 saturated heterocycles. The Balaban J connectivity index is 1.85. The van der Waals surface area contributed by atoms with Gasteiger partial charge in [-0.05, 0) is 36.6 Å². The first-order valence-electron chi connectivity index (χ1n) is 6.52. The molecule has 3 aromatic rings. The van der Waals surface area contributed by atoms with Gasteiger partial charge in [-0.3, -0.25) is 0 Å². The second-order valence-electron chi connectivity index (χ2n) is 4.88. The van der Waals surface area contributed by atoms with E-state index in [9.17, 15) is 0 Å². The number of fused-ring (bicyclic) bond motifs is 1. The number of aromatic nitrogens is 1. The maximum absolute atomic E-state index is 5.94. The maximum atomic E-state index is 5.94. The summed E-state index contributed by atoms with van der Waals surface area (Å²) < 4.78 is 6.68. The predicted octanol–water partition coefficient (Wildman–Crippen LogP) is 4.27. The molecule has 0 saturated carbocycles. The van der Waals surface area contributed by atoms with Crippen molar-refractivity contribution in [2.75, 3.05) is 5.73 Å². The van der Waals surface area contributed by atoms with Gasteiger partial charge in [-0.2, -0.15) is 0 Å². The number of benzene rings is 2. The standard InChI is InChI=1S/C16H15BrN2O/c1-10-4-2-3-5-11(10)6-7-15-19-14-9-12(17)8-13(18)16(14)20-15/h2-5,8-9H,6-7,18H2,1H3. The van der Waals surface area contributed by atoms with Crippen LogP contribution < -0.4 is 5.73 Å². The average Bonchev–Trinajstić information content (AvgIpc) is 2.81. The van der Waals surface area contributed by atoms with E-state index < -0.39 is 0 Å². The van der Waals surface area contributed by atoms with E-state index in [2.05, 4.69) is 52.1 Å². The van der Waals surface area contributed by atoms with Crippen LogP contribution in [0.25, 0.3) is 11.1 Å². The van der Waals surface area contributed by atoms with Crippen LogP contribution >= 0.6 is 15.9 Å². The van der Waals surface area contributed by atoms with E-state index in [1.165, 1.54) is 11.1 Å². The smallest absolute Gasteiger partial charge is 0.195 e. The molecule has 0 amide bonds. The third-order valence-corrected chi connectivity index (χ3v) is 3.86. The fourth-order valence-electron chi connectivity index (χ4n) is 2.31. The minimum atomic E-state index is 0.615. The third kappa shape index (κ3) is 2.56. The number of nitrogens with zero attached hydrogens (tertiary/aromatic N) is 1. The van der Waals surface area contributed by atoms with Crippen LogP contribution in [0.5, 0.6) is 0 Å². The molecule has 0 bridgehead atoms. The molecule has 0 radical (unpaired) electrons. The molecule has 2 N–H and O–H groups in total. The molecule has 3 nitrogen and oxygen atoms in total. The number of halogens is 1. The van der Waals surface area contributed by atoms with E-state index >= 15 is 0 Å². The van der Waals surface area contributed by atoms with Crippen molar-refractivity contribution in [2.24, 2.45) is 0 Å². The Kier molecular flexibility index (Phi) is 3.49. The first-order chi connectivity index (χ1) is 9.63. The van der Waals surface area contributed by atoms with Crippen LogP contribution in [-0.4, -0.2) is 4.98 Å². The highest BCUT2D eigenvalue weighted by Gasteiger charge is 2.10. The van der Waals surface area contributed by atoms with Gasteiger partial charge in [0, 0.05) is 10.9 Å². The molecule has 1 heterocycles. The lowest BCUT2D eigenvalue weighted by molar-refractivity contribution is 0.529. The van der Waals surface area contributed by atoms with Crippen LogP contribution in [0.2, 0.25) is 0 Å². The lowest BCUT2D eigenvalue weighted by Gasteiger charge is -2.02. The van der Waals surface area contributed by atoms with Crippen molar-refractivity contribution in [1.82, 2.24) is 4.98 Å². The average molecular weight is 331 g/mol. The fraction of sp³-hybridized carbons (Fsp3) is 0.188. The lowest BCUT2D eigenvalue weighted by atomic mass is 10.0. The number of hydrogen-bond donors (Lipinski definition) is 1. The first kappa shape index (κ1) is 13.2. The Morgan fingerprint density at radius 2 is 2.00 bits per heavy atom. The number of nitrogens with two attached hydrogens (primary N) is 1. The number of rotatable bonds is 3. The Labute approximate surface area is 125 Å². The van der Waals surface area contributed by atoms with Gasteiger partial charge < -0.3 is 10.2 Å². The highest BCUT2D eigenvalue weighted by Crippen LogP contribution is 2.27. The van der Waals surface area contributed by atoms with Crippen LogP contribution in [0.15, 0.2) is 45.3 Å². The summed E-state index contributed by atoms with van der Waals surface area (Å²) in [5.41, 5.74) is 10.6. The predicted molar refractivity (Wildman–Crippen MR) is 84.7 cm³/mol. The zero-order valence-electron chi connectivity index (χ0n) is 11.2. The molecule has 0 atom stereocenters. The number of oxazole rings is 1. The normalized spacial score (nSPS) is 11.1. The molecular formula is C16H15BrN2O.